The lowest BCUT2D eigenvalue weighted by molar-refractivity contribution is -0.129. The summed E-state index contributed by atoms with van der Waals surface area (Å²) in [6, 6.07) is 11.4. The molecule has 3 atom stereocenters. The predicted molar refractivity (Wildman–Crippen MR) is 110 cm³/mol. The topological polar surface area (TPSA) is 54.3 Å². The monoisotopic (exact) mass is 379 g/mol. The Morgan fingerprint density at radius 1 is 1.14 bits per heavy atom. The van der Waals surface area contributed by atoms with Crippen molar-refractivity contribution in [1.29, 1.82) is 0 Å². The Labute approximate surface area is 166 Å². The van der Waals surface area contributed by atoms with Gasteiger partial charge in [0, 0.05) is 17.9 Å². The SMILES string of the molecule is CCc1ccccc1N1C(=O)Cn2cccc2C1C(=O)NC1CCCCC1C. The highest BCUT2D eigenvalue weighted by Gasteiger charge is 2.40. The minimum atomic E-state index is -0.627. The summed E-state index contributed by atoms with van der Waals surface area (Å²) in [6.07, 6.45) is 7.24. The number of rotatable bonds is 4. The molecule has 4 rings (SSSR count). The first kappa shape index (κ1) is 18.8. The van der Waals surface area contributed by atoms with Crippen LogP contribution in [0.3, 0.4) is 0 Å². The van der Waals surface area contributed by atoms with E-state index in [9.17, 15) is 9.59 Å². The van der Waals surface area contributed by atoms with Gasteiger partial charge in [0.25, 0.3) is 0 Å². The number of aryl methyl sites for hydroxylation is 1. The van der Waals surface area contributed by atoms with E-state index in [2.05, 4.69) is 19.2 Å². The number of amides is 2. The van der Waals surface area contributed by atoms with Crippen molar-refractivity contribution in [3.63, 3.8) is 0 Å². The number of anilines is 1. The molecule has 0 spiro atoms. The number of benzene rings is 1. The molecule has 148 valence electrons. The number of nitrogens with one attached hydrogen (secondary N) is 1. The summed E-state index contributed by atoms with van der Waals surface area (Å²) >= 11 is 0. The summed E-state index contributed by atoms with van der Waals surface area (Å²) in [5.74, 6) is 0.360. The molecule has 2 aromatic rings. The van der Waals surface area contributed by atoms with Gasteiger partial charge in [-0.3, -0.25) is 14.5 Å². The van der Waals surface area contributed by atoms with Crippen LogP contribution in [-0.4, -0.2) is 22.4 Å². The van der Waals surface area contributed by atoms with E-state index in [1.54, 1.807) is 4.90 Å². The van der Waals surface area contributed by atoms with Crippen molar-refractivity contribution in [1.82, 2.24) is 9.88 Å². The fourth-order valence-electron chi connectivity index (χ4n) is 4.68. The fraction of sp³-hybridized carbons (Fsp3) is 0.478. The van der Waals surface area contributed by atoms with Crippen LogP contribution >= 0.6 is 0 Å². The summed E-state index contributed by atoms with van der Waals surface area (Å²) in [7, 11) is 0. The molecule has 3 unspecified atom stereocenters. The molecule has 0 saturated heterocycles. The van der Waals surface area contributed by atoms with Gasteiger partial charge in [0.05, 0.1) is 5.69 Å². The van der Waals surface area contributed by atoms with E-state index in [-0.39, 0.29) is 24.4 Å². The quantitative estimate of drug-likeness (QED) is 0.878. The minimum absolute atomic E-state index is 0.0403. The minimum Gasteiger partial charge on any atom is -0.351 e. The van der Waals surface area contributed by atoms with Crippen molar-refractivity contribution >= 4 is 17.5 Å². The number of carbonyl (C=O) groups is 2. The molecule has 1 aliphatic carbocycles. The van der Waals surface area contributed by atoms with Gasteiger partial charge in [-0.15, -0.1) is 0 Å². The molecule has 5 nitrogen and oxygen atoms in total. The molecule has 1 aromatic heterocycles. The maximum Gasteiger partial charge on any atom is 0.249 e. The molecule has 1 N–H and O–H groups in total. The maximum absolute atomic E-state index is 13.5. The third-order valence-electron chi connectivity index (χ3n) is 6.30. The summed E-state index contributed by atoms with van der Waals surface area (Å²) in [6.45, 7) is 4.56. The van der Waals surface area contributed by atoms with Crippen molar-refractivity contribution in [2.75, 3.05) is 4.90 Å². The first-order valence-electron chi connectivity index (χ1n) is 10.5. The van der Waals surface area contributed by atoms with Crippen LogP contribution in [0, 0.1) is 5.92 Å². The van der Waals surface area contributed by atoms with Crippen molar-refractivity contribution in [3.05, 3.63) is 53.9 Å². The highest BCUT2D eigenvalue weighted by atomic mass is 16.2. The molecule has 2 aliphatic rings. The normalized spacial score (nSPS) is 24.7. The Kier molecular flexibility index (Phi) is 5.25. The van der Waals surface area contributed by atoms with Crippen LogP contribution in [0.15, 0.2) is 42.6 Å². The molecule has 0 radical (unpaired) electrons. The third-order valence-corrected chi connectivity index (χ3v) is 6.30. The van der Waals surface area contributed by atoms with E-state index >= 15 is 0 Å². The van der Waals surface area contributed by atoms with Crippen LogP contribution in [0.25, 0.3) is 0 Å². The molecule has 2 heterocycles. The zero-order valence-electron chi connectivity index (χ0n) is 16.7. The first-order chi connectivity index (χ1) is 13.6. The Bertz CT molecular complexity index is 872. The highest BCUT2D eigenvalue weighted by Crippen LogP contribution is 2.35. The van der Waals surface area contributed by atoms with Crippen molar-refractivity contribution < 1.29 is 9.59 Å². The number of aromatic nitrogens is 1. The standard InChI is InChI=1S/C23H29N3O2/c1-3-17-10-5-7-12-19(17)26-21(27)15-25-14-8-13-20(25)22(26)23(28)24-18-11-6-4-9-16(18)2/h5,7-8,10,12-14,16,18,22H,3-4,6,9,11,15H2,1-2H3,(H,24,28). The predicted octanol–water partition coefficient (Wildman–Crippen LogP) is 3.83. The summed E-state index contributed by atoms with van der Waals surface area (Å²) < 4.78 is 1.90. The van der Waals surface area contributed by atoms with E-state index in [0.29, 0.717) is 5.92 Å². The largest absolute Gasteiger partial charge is 0.351 e. The average molecular weight is 380 g/mol. The van der Waals surface area contributed by atoms with Gasteiger partial charge in [-0.1, -0.05) is 44.9 Å². The van der Waals surface area contributed by atoms with Gasteiger partial charge in [0.1, 0.15) is 6.54 Å². The lowest BCUT2D eigenvalue weighted by Gasteiger charge is -2.38. The molecule has 1 fully saturated rings. The molecule has 2 amide bonds. The first-order valence-corrected chi connectivity index (χ1v) is 10.5. The van der Waals surface area contributed by atoms with E-state index < -0.39 is 6.04 Å². The van der Waals surface area contributed by atoms with Crippen molar-refractivity contribution in [3.8, 4) is 0 Å². The molecule has 5 heteroatoms. The second kappa shape index (κ2) is 7.82. The lowest BCUT2D eigenvalue weighted by atomic mass is 9.85. The zero-order chi connectivity index (χ0) is 19.7. The molecule has 28 heavy (non-hydrogen) atoms. The molecular weight excluding hydrogens is 350 g/mol. The van der Waals surface area contributed by atoms with Crippen LogP contribution < -0.4 is 10.2 Å². The van der Waals surface area contributed by atoms with E-state index in [4.69, 9.17) is 0 Å². The van der Waals surface area contributed by atoms with Crippen LogP contribution in [-0.2, 0) is 22.6 Å². The average Bonchev–Trinajstić information content (AvgIpc) is 3.16. The number of fused-ring (bicyclic) bond motifs is 1. The van der Waals surface area contributed by atoms with Crippen molar-refractivity contribution in [2.45, 2.75) is 64.6 Å². The van der Waals surface area contributed by atoms with Crippen LogP contribution in [0.4, 0.5) is 5.69 Å². The summed E-state index contributed by atoms with van der Waals surface area (Å²) in [5, 5.41) is 3.28. The lowest BCUT2D eigenvalue weighted by Crippen LogP contribution is -2.52. The van der Waals surface area contributed by atoms with Gasteiger partial charge in [-0.2, -0.15) is 0 Å². The summed E-state index contributed by atoms with van der Waals surface area (Å²) in [4.78, 5) is 28.3. The van der Waals surface area contributed by atoms with Crippen LogP contribution in [0.1, 0.15) is 56.8 Å². The Hall–Kier alpha value is -2.56. The number of para-hydroxylation sites is 1. The smallest absolute Gasteiger partial charge is 0.249 e. The maximum atomic E-state index is 13.5. The molecular formula is C23H29N3O2. The Balaban J connectivity index is 1.72. The van der Waals surface area contributed by atoms with Crippen LogP contribution in [0.5, 0.6) is 0 Å². The van der Waals surface area contributed by atoms with Gasteiger partial charge in [0.2, 0.25) is 11.8 Å². The number of nitrogens with zero attached hydrogens (tertiary/aromatic N) is 2. The molecule has 1 aliphatic heterocycles. The van der Waals surface area contributed by atoms with E-state index in [1.165, 1.54) is 6.42 Å². The zero-order valence-corrected chi connectivity index (χ0v) is 16.7. The third kappa shape index (κ3) is 3.34. The van der Waals surface area contributed by atoms with Crippen molar-refractivity contribution in [2.24, 2.45) is 5.92 Å². The number of hydrogen-bond donors (Lipinski definition) is 1. The second-order valence-corrected chi connectivity index (χ2v) is 8.09. The van der Waals surface area contributed by atoms with Gasteiger partial charge in [-0.05, 0) is 48.9 Å². The van der Waals surface area contributed by atoms with E-state index in [1.807, 2.05) is 47.2 Å². The van der Waals surface area contributed by atoms with Gasteiger partial charge >= 0.3 is 0 Å². The molecule has 0 bridgehead atoms. The van der Waals surface area contributed by atoms with Crippen LogP contribution in [0.2, 0.25) is 0 Å². The second-order valence-electron chi connectivity index (χ2n) is 8.09. The Morgan fingerprint density at radius 2 is 1.93 bits per heavy atom. The van der Waals surface area contributed by atoms with Gasteiger partial charge in [0.15, 0.2) is 6.04 Å². The van der Waals surface area contributed by atoms with Gasteiger partial charge < -0.3 is 9.88 Å². The molecule has 1 aromatic carbocycles. The molecule has 1 saturated carbocycles. The fourth-order valence-corrected chi connectivity index (χ4v) is 4.68. The number of hydrogen-bond acceptors (Lipinski definition) is 2. The summed E-state index contributed by atoms with van der Waals surface area (Å²) in [5.41, 5.74) is 2.81. The van der Waals surface area contributed by atoms with E-state index in [0.717, 1.165) is 42.6 Å². The number of carbonyl (C=O) groups excluding carboxylic acids is 2. The Morgan fingerprint density at radius 3 is 2.71 bits per heavy atom. The highest BCUT2D eigenvalue weighted by molar-refractivity contribution is 6.03. The van der Waals surface area contributed by atoms with Gasteiger partial charge in [-0.25, -0.2) is 0 Å².